The first-order valence-corrected chi connectivity index (χ1v) is 44.4. The summed E-state index contributed by atoms with van der Waals surface area (Å²) in [6.45, 7) is 9.51. The maximum Gasteiger partial charge on any atom is 0.213 e. The summed E-state index contributed by atoms with van der Waals surface area (Å²) in [5.41, 5.74) is 28.3. The molecule has 10 aromatic heterocycles. The Morgan fingerprint density at radius 3 is 1.06 bits per heavy atom. The van der Waals surface area contributed by atoms with Crippen LogP contribution in [0, 0.1) is 0 Å². The Hall–Kier alpha value is -13.8. The lowest BCUT2D eigenvalue weighted by Gasteiger charge is -2.25. The van der Waals surface area contributed by atoms with Gasteiger partial charge < -0.3 is 18.0 Å². The molecule has 0 fully saturated rings. The van der Waals surface area contributed by atoms with Crippen molar-refractivity contribution in [3.05, 3.63) is 362 Å². The van der Waals surface area contributed by atoms with E-state index in [4.69, 9.17) is 8.83 Å². The Morgan fingerprint density at radius 1 is 0.233 bits per heavy atom. The topological polar surface area (TPSA) is 46.0 Å². The average Bonchev–Trinajstić information content (AvgIpc) is 1.54. The highest BCUT2D eigenvalue weighted by Gasteiger charge is 2.41. The first kappa shape index (κ1) is 67.2. The molecule has 0 unspecified atom stereocenters. The van der Waals surface area contributed by atoms with Gasteiger partial charge >= 0.3 is 0 Å². The summed E-state index contributed by atoms with van der Waals surface area (Å²) >= 11 is 7.50. The van der Waals surface area contributed by atoms with Crippen molar-refractivity contribution in [2.24, 2.45) is 0 Å². The maximum absolute atomic E-state index is 6.88. The van der Waals surface area contributed by atoms with Crippen LogP contribution >= 0.6 is 45.3 Å². The summed E-state index contributed by atoms with van der Waals surface area (Å²) in [4.78, 5) is 2.57. The van der Waals surface area contributed by atoms with Gasteiger partial charge in [0.1, 0.15) is 20.8 Å². The van der Waals surface area contributed by atoms with Gasteiger partial charge in [0.25, 0.3) is 0 Å². The zero-order valence-corrected chi connectivity index (χ0v) is 68.8. The Kier molecular flexibility index (Phi) is 13.7. The highest BCUT2D eigenvalue weighted by molar-refractivity contribution is 7.27. The number of hydrogen-bond donors (Lipinski definition) is 0. The van der Waals surface area contributed by atoms with Crippen LogP contribution in [0.2, 0.25) is 0 Å². The van der Waals surface area contributed by atoms with E-state index in [1.54, 1.807) is 0 Å². The van der Waals surface area contributed by atoms with Crippen molar-refractivity contribution in [1.82, 2.24) is 18.3 Å². The largest absolute Gasteiger partial charge is 0.439 e. The smallest absolute Gasteiger partial charge is 0.213 e. The third-order valence-electron chi connectivity index (χ3n) is 26.6. The van der Waals surface area contributed by atoms with Crippen molar-refractivity contribution in [3.8, 4) is 67.3 Å². The molecule has 0 N–H and O–H groups in total. The normalized spacial score (nSPS) is 13.6. The number of aromatic nitrogens is 4. The summed E-state index contributed by atoms with van der Waals surface area (Å²) < 4.78 is 31.3. The van der Waals surface area contributed by atoms with E-state index in [0.29, 0.717) is 0 Å². The molecule has 26 aromatic rings. The predicted octanol–water partition coefficient (Wildman–Crippen LogP) is 32.4. The Bertz CT molecular complexity index is 8510. The van der Waals surface area contributed by atoms with Gasteiger partial charge in [0, 0.05) is 126 Å². The first-order valence-electron chi connectivity index (χ1n) is 41.2. The van der Waals surface area contributed by atoms with E-state index < -0.39 is 0 Å². The van der Waals surface area contributed by atoms with Crippen LogP contribution in [0.3, 0.4) is 0 Å². The Balaban J connectivity index is 0.000000127. The number of hydrogen-bond acceptors (Lipinski definition) is 6. The molecule has 16 aromatic carbocycles. The van der Waals surface area contributed by atoms with Gasteiger partial charge in [0.05, 0.1) is 44.2 Å². The minimum absolute atomic E-state index is 0.143. The lowest BCUT2D eigenvalue weighted by molar-refractivity contribution is 0.634. The highest BCUT2D eigenvalue weighted by atomic mass is 32.1. The van der Waals surface area contributed by atoms with Gasteiger partial charge in [0.2, 0.25) is 11.4 Å². The van der Waals surface area contributed by atoms with E-state index in [1.807, 2.05) is 45.3 Å². The van der Waals surface area contributed by atoms with Gasteiger partial charge in [0.15, 0.2) is 0 Å². The van der Waals surface area contributed by atoms with Crippen LogP contribution in [-0.2, 0) is 10.8 Å². The fourth-order valence-electron chi connectivity index (χ4n) is 21.4. The Morgan fingerprint density at radius 2 is 0.575 bits per heavy atom. The molecule has 0 radical (unpaired) electrons. The summed E-state index contributed by atoms with van der Waals surface area (Å²) in [6.07, 6.45) is 0. The van der Waals surface area contributed by atoms with Crippen LogP contribution in [0.5, 0.6) is 0 Å². The highest BCUT2D eigenvalue weighted by Crippen LogP contribution is 2.57. The monoisotopic (exact) mass is 1600 g/mol. The van der Waals surface area contributed by atoms with Crippen molar-refractivity contribution in [2.75, 3.05) is 0 Å². The van der Waals surface area contributed by atoms with Crippen molar-refractivity contribution in [3.63, 3.8) is 0 Å². The van der Waals surface area contributed by atoms with Crippen LogP contribution in [-0.4, -0.2) is 18.3 Å². The second kappa shape index (κ2) is 24.4. The van der Waals surface area contributed by atoms with E-state index in [1.165, 1.54) is 197 Å². The number of para-hydroxylation sites is 2. The van der Waals surface area contributed by atoms with Crippen LogP contribution in [0.4, 0.5) is 0 Å². The van der Waals surface area contributed by atoms with Crippen molar-refractivity contribution in [1.29, 1.82) is 0 Å². The van der Waals surface area contributed by atoms with Crippen LogP contribution in [0.1, 0.15) is 49.9 Å². The minimum atomic E-state index is -0.181. The van der Waals surface area contributed by atoms with E-state index in [-0.39, 0.29) is 10.8 Å². The van der Waals surface area contributed by atoms with Crippen LogP contribution in [0.25, 0.3) is 236 Å². The summed E-state index contributed by atoms with van der Waals surface area (Å²) in [5, 5.41) is 20.0. The second-order valence-corrected chi connectivity index (χ2v) is 37.9. The van der Waals surface area contributed by atoms with Gasteiger partial charge in [-0.15, -0.1) is 45.3 Å². The second-order valence-electron chi connectivity index (χ2n) is 33.7. The molecule has 10 heterocycles. The molecule has 0 saturated heterocycles. The molecule has 0 aliphatic heterocycles. The number of nitrogens with zero attached hydrogens (tertiary/aromatic N) is 4. The van der Waals surface area contributed by atoms with Gasteiger partial charge in [-0.3, -0.25) is 9.13 Å². The zero-order chi connectivity index (χ0) is 78.9. The number of benzene rings is 16. The number of thiophene rings is 4. The van der Waals surface area contributed by atoms with E-state index in [0.717, 1.165) is 60.9 Å². The standard InChI is InChI=1S/C58H40N2OS.C52H28N2OS3/c1-57(2)43-21-9-5-15-35(43)37-19-13-23-47(53(37)57)59-45-29-27-33(31-41(45)51-39-17-7-11-25-49(39)61-55(51)59)34-28-30-46-42(32-34)52-40-18-8-12-26-50(40)62-56(52)60(46)48-24-14-20-38-36-16-6-10-22-44(36)58(3,4)54(38)48;1-5-13-43-35(11-1)49-39-25-29(17-21-41(39)53(51(49)55-43)31-19-23-47-37(27-31)33-9-2-6-14-44(33)56-47)30-18-22-42-40(26-30)50-36-12-4-8-16-46(36)58-52(50)54(42)32-20-24-48-38(28-32)34-10-3-7-15-45(34)57-48/h5-32H,1-4H3;1-28H. The molecule has 0 bridgehead atoms. The Labute approximate surface area is 703 Å². The molecule has 0 amide bonds. The molecule has 6 nitrogen and oxygen atoms in total. The fraction of sp³-hybridized carbons (Fsp3) is 0.0545. The first-order chi connectivity index (χ1) is 59.0. The molecular weight excluding hydrogens is 1540 g/mol. The molecule has 564 valence electrons. The van der Waals surface area contributed by atoms with E-state index in [9.17, 15) is 0 Å². The van der Waals surface area contributed by atoms with Crippen LogP contribution < -0.4 is 0 Å². The van der Waals surface area contributed by atoms with Gasteiger partial charge in [-0.1, -0.05) is 234 Å². The molecule has 28 rings (SSSR count). The fourth-order valence-corrected chi connectivity index (χ4v) is 26.1. The van der Waals surface area contributed by atoms with Gasteiger partial charge in [-0.2, -0.15) is 0 Å². The quantitative estimate of drug-likeness (QED) is 0.167. The van der Waals surface area contributed by atoms with Gasteiger partial charge in [-0.05, 0) is 200 Å². The SMILES string of the molecule is CC1(C)c2ccccc2-c2cccc(-n3c4ccc(-c5ccc6c(c5)c5c7ccccc7sc5n6-c5cccc6c5C(C)(C)c5ccccc5-6)cc4c4c5ccccc5oc43)c21.c1ccc2c(c1)oc1c2c2cc(-c3ccc4c(c3)c3c5ccccc5sc3n4-c3ccc4sc5ccccc5c4c3)ccc2n1-c1ccc2sc3ccccc3c2c1. The molecule has 10 heteroatoms. The van der Waals surface area contributed by atoms with E-state index >= 15 is 0 Å². The molecule has 0 saturated carbocycles. The van der Waals surface area contributed by atoms with Crippen molar-refractivity contribution in [2.45, 2.75) is 38.5 Å². The minimum Gasteiger partial charge on any atom is -0.439 e. The van der Waals surface area contributed by atoms with Gasteiger partial charge in [-0.25, -0.2) is 0 Å². The summed E-state index contributed by atoms with van der Waals surface area (Å²) in [7, 11) is 0. The predicted molar refractivity (Wildman–Crippen MR) is 512 cm³/mol. The third kappa shape index (κ3) is 9.14. The summed E-state index contributed by atoms with van der Waals surface area (Å²) in [5.74, 6) is 0. The lowest BCUT2D eigenvalue weighted by Crippen LogP contribution is -2.17. The molecule has 2 aliphatic rings. The lowest BCUT2D eigenvalue weighted by atomic mass is 9.81. The van der Waals surface area contributed by atoms with E-state index in [2.05, 4.69) is 386 Å². The number of rotatable bonds is 6. The average molecular weight is 1610 g/mol. The zero-order valence-electron chi connectivity index (χ0n) is 65.6. The van der Waals surface area contributed by atoms with Crippen molar-refractivity contribution >= 4 is 214 Å². The maximum atomic E-state index is 6.88. The molecule has 120 heavy (non-hydrogen) atoms. The number of fused-ring (bicyclic) bond motifs is 32. The molecular formula is C110H68N4O2S4. The summed E-state index contributed by atoms with van der Waals surface area (Å²) in [6, 6.07) is 126. The van der Waals surface area contributed by atoms with Crippen LogP contribution in [0.15, 0.2) is 349 Å². The number of furan rings is 2. The molecule has 2 aliphatic carbocycles. The molecule has 0 spiro atoms. The third-order valence-corrected chi connectivity index (χ3v) is 31.3. The molecule has 0 atom stereocenters. The van der Waals surface area contributed by atoms with Crippen molar-refractivity contribution < 1.29 is 8.83 Å².